The van der Waals surface area contributed by atoms with Gasteiger partial charge in [-0.05, 0) is 29.8 Å². The van der Waals surface area contributed by atoms with E-state index in [-0.39, 0.29) is 10.6 Å². The van der Waals surface area contributed by atoms with Crippen molar-refractivity contribution in [2.24, 2.45) is 0 Å². The third-order valence-corrected chi connectivity index (χ3v) is 3.79. The second-order valence-corrected chi connectivity index (χ2v) is 6.17. The Morgan fingerprint density at radius 3 is 2.21 bits per heavy atom. The number of benzene rings is 2. The van der Waals surface area contributed by atoms with Gasteiger partial charge < -0.3 is 5.73 Å². The summed E-state index contributed by atoms with van der Waals surface area (Å²) in [5.41, 5.74) is 6.78. The summed E-state index contributed by atoms with van der Waals surface area (Å²) in [5.74, 6) is -1.93. The van der Waals surface area contributed by atoms with Crippen LogP contribution in [0.15, 0.2) is 41.3 Å². The highest BCUT2D eigenvalue weighted by atomic mass is 32.2. The molecule has 0 bridgehead atoms. The number of sulfone groups is 1. The zero-order valence-corrected chi connectivity index (χ0v) is 10.8. The highest BCUT2D eigenvalue weighted by Gasteiger charge is 2.12. The number of hydrogen-bond acceptors (Lipinski definition) is 3. The molecule has 0 atom stereocenters. The molecule has 0 unspecified atom stereocenters. The molecule has 100 valence electrons. The summed E-state index contributed by atoms with van der Waals surface area (Å²) in [4.78, 5) is 0.0799. The van der Waals surface area contributed by atoms with Crippen LogP contribution in [-0.2, 0) is 9.84 Å². The zero-order chi connectivity index (χ0) is 14.2. The van der Waals surface area contributed by atoms with Crippen molar-refractivity contribution in [3.63, 3.8) is 0 Å². The molecule has 0 aliphatic rings. The molecule has 3 nitrogen and oxygen atoms in total. The van der Waals surface area contributed by atoms with E-state index in [1.807, 2.05) is 0 Å². The molecule has 2 rings (SSSR count). The number of halogens is 2. The molecule has 2 N–H and O–H groups in total. The van der Waals surface area contributed by atoms with E-state index in [9.17, 15) is 17.2 Å². The van der Waals surface area contributed by atoms with Crippen molar-refractivity contribution in [2.45, 2.75) is 4.90 Å². The van der Waals surface area contributed by atoms with E-state index in [0.29, 0.717) is 11.1 Å². The fraction of sp³-hybridized carbons (Fsp3) is 0.0769. The monoisotopic (exact) mass is 283 g/mol. The summed E-state index contributed by atoms with van der Waals surface area (Å²) < 4.78 is 48.7. The molecular formula is C13H11F2NO2S. The highest BCUT2D eigenvalue weighted by Crippen LogP contribution is 2.29. The Balaban J connectivity index is 2.55. The van der Waals surface area contributed by atoms with Crippen molar-refractivity contribution in [1.82, 2.24) is 0 Å². The van der Waals surface area contributed by atoms with Crippen LogP contribution in [0, 0.1) is 11.6 Å². The average molecular weight is 283 g/mol. The maximum absolute atomic E-state index is 13.2. The average Bonchev–Trinajstić information content (AvgIpc) is 2.31. The lowest BCUT2D eigenvalue weighted by Crippen LogP contribution is -1.99. The molecule has 0 radical (unpaired) electrons. The van der Waals surface area contributed by atoms with Crippen LogP contribution in [0.2, 0.25) is 0 Å². The van der Waals surface area contributed by atoms with Gasteiger partial charge in [-0.25, -0.2) is 17.2 Å². The van der Waals surface area contributed by atoms with E-state index in [2.05, 4.69) is 0 Å². The molecule has 6 heteroatoms. The van der Waals surface area contributed by atoms with Crippen molar-refractivity contribution < 1.29 is 17.2 Å². The summed E-state index contributed by atoms with van der Waals surface area (Å²) in [6.45, 7) is 0. The zero-order valence-electron chi connectivity index (χ0n) is 10.0. The van der Waals surface area contributed by atoms with Crippen molar-refractivity contribution >= 4 is 15.5 Å². The van der Waals surface area contributed by atoms with Crippen LogP contribution in [0.5, 0.6) is 0 Å². The summed E-state index contributed by atoms with van der Waals surface area (Å²) >= 11 is 0. The summed E-state index contributed by atoms with van der Waals surface area (Å²) in [5, 5.41) is 0. The highest BCUT2D eigenvalue weighted by molar-refractivity contribution is 7.90. The molecule has 0 saturated heterocycles. The summed E-state index contributed by atoms with van der Waals surface area (Å²) in [6.07, 6.45) is 1.07. The van der Waals surface area contributed by atoms with Crippen molar-refractivity contribution in [3.8, 4) is 11.1 Å². The van der Waals surface area contributed by atoms with E-state index >= 15 is 0 Å². The number of hydrogen-bond donors (Lipinski definition) is 1. The summed E-state index contributed by atoms with van der Waals surface area (Å²) in [7, 11) is -3.35. The van der Waals surface area contributed by atoms with Gasteiger partial charge >= 0.3 is 0 Å². The van der Waals surface area contributed by atoms with Gasteiger partial charge in [-0.15, -0.1) is 0 Å². The lowest BCUT2D eigenvalue weighted by molar-refractivity contribution is 0.509. The third-order valence-electron chi connectivity index (χ3n) is 2.68. The topological polar surface area (TPSA) is 60.2 Å². The van der Waals surface area contributed by atoms with Crippen LogP contribution in [0.3, 0.4) is 0 Å². The van der Waals surface area contributed by atoms with Gasteiger partial charge in [0, 0.05) is 17.5 Å². The lowest BCUT2D eigenvalue weighted by Gasteiger charge is -2.08. The first-order valence-electron chi connectivity index (χ1n) is 5.34. The first-order valence-corrected chi connectivity index (χ1v) is 7.23. The van der Waals surface area contributed by atoms with Gasteiger partial charge in [-0.2, -0.15) is 0 Å². The van der Waals surface area contributed by atoms with Crippen LogP contribution in [0.25, 0.3) is 11.1 Å². The van der Waals surface area contributed by atoms with E-state index in [1.165, 1.54) is 24.3 Å². The fourth-order valence-electron chi connectivity index (χ4n) is 1.70. The number of anilines is 1. The van der Waals surface area contributed by atoms with Gasteiger partial charge in [0.2, 0.25) is 0 Å². The molecule has 0 spiro atoms. The third kappa shape index (κ3) is 2.73. The van der Waals surface area contributed by atoms with Gasteiger partial charge in [-0.3, -0.25) is 0 Å². The minimum Gasteiger partial charge on any atom is -0.398 e. The predicted molar refractivity (Wildman–Crippen MR) is 69.3 cm³/mol. The number of rotatable bonds is 2. The number of nitrogen functional groups attached to an aromatic ring is 1. The quantitative estimate of drug-likeness (QED) is 0.862. The van der Waals surface area contributed by atoms with Gasteiger partial charge in [0.25, 0.3) is 0 Å². The predicted octanol–water partition coefficient (Wildman–Crippen LogP) is 2.62. The minimum absolute atomic E-state index is 0.0799. The Hall–Kier alpha value is -1.95. The largest absolute Gasteiger partial charge is 0.398 e. The maximum atomic E-state index is 13.2. The smallest absolute Gasteiger partial charge is 0.175 e. The second kappa shape index (κ2) is 4.62. The van der Waals surface area contributed by atoms with Gasteiger partial charge in [0.1, 0.15) is 0 Å². The molecule has 2 aromatic carbocycles. The van der Waals surface area contributed by atoms with Crippen molar-refractivity contribution in [2.75, 3.05) is 12.0 Å². The van der Waals surface area contributed by atoms with Gasteiger partial charge in [-0.1, -0.05) is 12.1 Å². The van der Waals surface area contributed by atoms with E-state index in [1.54, 1.807) is 0 Å². The van der Waals surface area contributed by atoms with E-state index in [4.69, 9.17) is 5.73 Å². The van der Waals surface area contributed by atoms with E-state index in [0.717, 1.165) is 18.4 Å². The van der Waals surface area contributed by atoms with Crippen molar-refractivity contribution in [1.29, 1.82) is 0 Å². The molecule has 0 amide bonds. The first-order chi connectivity index (χ1) is 8.79. The van der Waals surface area contributed by atoms with Crippen molar-refractivity contribution in [3.05, 3.63) is 48.0 Å². The van der Waals surface area contributed by atoms with Crippen LogP contribution in [0.4, 0.5) is 14.5 Å². The molecule has 0 aliphatic heterocycles. The van der Waals surface area contributed by atoms with Crippen LogP contribution < -0.4 is 5.73 Å². The Morgan fingerprint density at radius 1 is 1.00 bits per heavy atom. The lowest BCUT2D eigenvalue weighted by atomic mass is 10.0. The minimum atomic E-state index is -3.35. The molecule has 19 heavy (non-hydrogen) atoms. The summed E-state index contributed by atoms with van der Waals surface area (Å²) in [6, 6.07) is 7.53. The van der Waals surface area contributed by atoms with Crippen LogP contribution >= 0.6 is 0 Å². The Bertz CT molecular complexity index is 742. The second-order valence-electron chi connectivity index (χ2n) is 4.15. The standard InChI is InChI=1S/C13H11F2NO2S/c1-19(17,18)9-3-4-10(13(16)7-9)8-2-5-11(14)12(15)6-8/h2-7H,16H2,1H3. The Morgan fingerprint density at radius 2 is 1.68 bits per heavy atom. The Labute approximate surface area is 109 Å². The van der Waals surface area contributed by atoms with Crippen LogP contribution in [0.1, 0.15) is 0 Å². The Kier molecular flexibility index (Phi) is 3.28. The van der Waals surface area contributed by atoms with Crippen LogP contribution in [-0.4, -0.2) is 14.7 Å². The molecule has 2 aromatic rings. The molecule has 0 aromatic heterocycles. The fourth-order valence-corrected chi connectivity index (χ4v) is 2.35. The molecular weight excluding hydrogens is 272 g/mol. The molecule has 0 fully saturated rings. The molecule has 0 aliphatic carbocycles. The molecule has 0 saturated carbocycles. The van der Waals surface area contributed by atoms with Gasteiger partial charge in [0.05, 0.1) is 4.90 Å². The molecule has 0 heterocycles. The number of nitrogens with two attached hydrogens (primary N) is 1. The maximum Gasteiger partial charge on any atom is 0.175 e. The SMILES string of the molecule is CS(=O)(=O)c1ccc(-c2ccc(F)c(F)c2)c(N)c1. The van der Waals surface area contributed by atoms with Gasteiger partial charge in [0.15, 0.2) is 21.5 Å². The first kappa shape index (κ1) is 13.5. The normalized spacial score (nSPS) is 11.5. The van der Waals surface area contributed by atoms with E-state index < -0.39 is 21.5 Å².